The Morgan fingerprint density at radius 3 is 2.75 bits per heavy atom. The molecule has 0 aliphatic heterocycles. The van der Waals surface area contributed by atoms with Crippen LogP contribution in [0.1, 0.15) is 12.7 Å². The van der Waals surface area contributed by atoms with Gasteiger partial charge in [0.25, 0.3) is 0 Å². The Kier molecular flexibility index (Phi) is 3.86. The average Bonchev–Trinajstić information content (AvgIpc) is 2.63. The Bertz CT molecular complexity index is 500. The lowest BCUT2D eigenvalue weighted by Crippen LogP contribution is -2.19. The van der Waals surface area contributed by atoms with Gasteiger partial charge in [0.2, 0.25) is 11.0 Å². The average molecular weight is 245 g/mol. The molecule has 0 saturated heterocycles. The van der Waals surface area contributed by atoms with Gasteiger partial charge in [-0.3, -0.25) is 9.35 Å². The highest BCUT2D eigenvalue weighted by molar-refractivity contribution is 7.85. The van der Waals surface area contributed by atoms with Crippen LogP contribution in [0.15, 0.2) is 27.7 Å². The molecule has 0 radical (unpaired) electrons. The van der Waals surface area contributed by atoms with Crippen molar-refractivity contribution in [3.63, 3.8) is 0 Å². The van der Waals surface area contributed by atoms with Crippen LogP contribution in [-0.2, 0) is 14.9 Å². The molecule has 0 bridgehead atoms. The number of furan rings is 1. The zero-order valence-electron chi connectivity index (χ0n) is 8.50. The SMILES string of the molecule is CCNC(=O)/C=C/c1ccc(S(=O)(=O)O)o1. The van der Waals surface area contributed by atoms with E-state index in [1.807, 2.05) is 0 Å². The lowest BCUT2D eigenvalue weighted by atomic mass is 10.4. The van der Waals surface area contributed by atoms with Crippen molar-refractivity contribution in [1.29, 1.82) is 0 Å². The van der Waals surface area contributed by atoms with Gasteiger partial charge >= 0.3 is 10.1 Å². The molecule has 7 heteroatoms. The molecule has 0 atom stereocenters. The second-order valence-electron chi connectivity index (χ2n) is 2.86. The predicted molar refractivity (Wildman–Crippen MR) is 56.2 cm³/mol. The number of hydrogen-bond donors (Lipinski definition) is 2. The van der Waals surface area contributed by atoms with Gasteiger partial charge in [0.1, 0.15) is 5.76 Å². The summed E-state index contributed by atoms with van der Waals surface area (Å²) in [5.74, 6) is -0.147. The molecule has 1 heterocycles. The molecule has 0 fully saturated rings. The summed E-state index contributed by atoms with van der Waals surface area (Å²) in [7, 11) is -4.33. The van der Waals surface area contributed by atoms with E-state index in [-0.39, 0.29) is 11.7 Å². The van der Waals surface area contributed by atoms with Crippen LogP contribution in [-0.4, -0.2) is 25.4 Å². The van der Waals surface area contributed by atoms with Crippen molar-refractivity contribution in [2.75, 3.05) is 6.54 Å². The van der Waals surface area contributed by atoms with E-state index in [4.69, 9.17) is 8.97 Å². The quantitative estimate of drug-likeness (QED) is 0.600. The number of likely N-dealkylation sites (N-methyl/N-ethyl adjacent to an activating group) is 1. The van der Waals surface area contributed by atoms with Crippen molar-refractivity contribution in [3.8, 4) is 0 Å². The maximum atomic E-state index is 11.0. The minimum Gasteiger partial charge on any atom is -0.443 e. The monoisotopic (exact) mass is 245 g/mol. The molecular weight excluding hydrogens is 234 g/mol. The molecule has 0 aromatic carbocycles. The third-order valence-electron chi connectivity index (χ3n) is 1.61. The predicted octanol–water partition coefficient (Wildman–Crippen LogP) is 0.676. The first-order valence-corrected chi connectivity index (χ1v) is 5.90. The molecule has 0 unspecified atom stereocenters. The molecule has 0 saturated carbocycles. The Hall–Kier alpha value is -1.60. The molecule has 1 rings (SSSR count). The smallest absolute Gasteiger partial charge is 0.328 e. The summed E-state index contributed by atoms with van der Waals surface area (Å²) in [5, 5.41) is 1.97. The number of nitrogens with one attached hydrogen (secondary N) is 1. The summed E-state index contributed by atoms with van der Waals surface area (Å²) in [5.41, 5.74) is 0. The zero-order valence-corrected chi connectivity index (χ0v) is 9.32. The Morgan fingerprint density at radius 1 is 1.56 bits per heavy atom. The first-order valence-electron chi connectivity index (χ1n) is 4.46. The fourth-order valence-corrected chi connectivity index (χ4v) is 1.40. The van der Waals surface area contributed by atoms with Crippen molar-refractivity contribution in [2.45, 2.75) is 12.0 Å². The van der Waals surface area contributed by atoms with E-state index in [9.17, 15) is 13.2 Å². The number of rotatable bonds is 4. The van der Waals surface area contributed by atoms with E-state index in [1.165, 1.54) is 18.2 Å². The Labute approximate surface area is 92.7 Å². The van der Waals surface area contributed by atoms with Gasteiger partial charge < -0.3 is 9.73 Å². The van der Waals surface area contributed by atoms with Crippen LogP contribution in [0.3, 0.4) is 0 Å². The summed E-state index contributed by atoms with van der Waals surface area (Å²) in [6.45, 7) is 2.27. The van der Waals surface area contributed by atoms with Gasteiger partial charge in [-0.15, -0.1) is 0 Å². The van der Waals surface area contributed by atoms with Gasteiger partial charge in [0.15, 0.2) is 0 Å². The van der Waals surface area contributed by atoms with Crippen LogP contribution in [0.25, 0.3) is 6.08 Å². The maximum absolute atomic E-state index is 11.0. The highest BCUT2D eigenvalue weighted by atomic mass is 32.2. The topological polar surface area (TPSA) is 96.6 Å². The van der Waals surface area contributed by atoms with Crippen LogP contribution in [0, 0.1) is 0 Å². The second kappa shape index (κ2) is 4.95. The highest BCUT2D eigenvalue weighted by Gasteiger charge is 2.13. The van der Waals surface area contributed by atoms with Crippen molar-refractivity contribution in [3.05, 3.63) is 24.0 Å². The van der Waals surface area contributed by atoms with E-state index < -0.39 is 15.2 Å². The van der Waals surface area contributed by atoms with Crippen LogP contribution in [0.2, 0.25) is 0 Å². The van der Waals surface area contributed by atoms with Crippen LogP contribution >= 0.6 is 0 Å². The fraction of sp³-hybridized carbons (Fsp3) is 0.222. The molecule has 16 heavy (non-hydrogen) atoms. The second-order valence-corrected chi connectivity index (χ2v) is 4.21. The Balaban J connectivity index is 2.77. The minimum atomic E-state index is -4.33. The van der Waals surface area contributed by atoms with E-state index >= 15 is 0 Å². The molecule has 0 aliphatic rings. The number of amides is 1. The van der Waals surface area contributed by atoms with Gasteiger partial charge in [-0.2, -0.15) is 8.42 Å². The van der Waals surface area contributed by atoms with Gasteiger partial charge in [-0.1, -0.05) is 0 Å². The molecule has 0 spiro atoms. The molecule has 1 amide bonds. The molecular formula is C9H11NO5S. The van der Waals surface area contributed by atoms with E-state index in [2.05, 4.69) is 5.32 Å². The zero-order chi connectivity index (χ0) is 12.2. The fourth-order valence-electron chi connectivity index (χ4n) is 0.954. The first kappa shape index (κ1) is 12.5. The molecule has 1 aromatic heterocycles. The van der Waals surface area contributed by atoms with Crippen LogP contribution in [0.5, 0.6) is 0 Å². The van der Waals surface area contributed by atoms with Crippen molar-refractivity contribution < 1.29 is 22.2 Å². The van der Waals surface area contributed by atoms with E-state index in [0.717, 1.165) is 6.07 Å². The van der Waals surface area contributed by atoms with Gasteiger partial charge in [0.05, 0.1) is 0 Å². The molecule has 88 valence electrons. The standard InChI is InChI=1S/C9H11NO5S/c1-2-10-8(11)5-3-7-4-6-9(15-7)16(12,13)14/h3-6H,2H2,1H3,(H,10,11)(H,12,13,14)/b5-3+. The summed E-state index contributed by atoms with van der Waals surface area (Å²) in [6, 6.07) is 2.44. The summed E-state index contributed by atoms with van der Waals surface area (Å²) in [4.78, 5) is 11.0. The van der Waals surface area contributed by atoms with E-state index in [1.54, 1.807) is 6.92 Å². The largest absolute Gasteiger partial charge is 0.443 e. The lowest BCUT2D eigenvalue weighted by molar-refractivity contribution is -0.116. The molecule has 0 aliphatic carbocycles. The van der Waals surface area contributed by atoms with Crippen molar-refractivity contribution in [1.82, 2.24) is 5.32 Å². The van der Waals surface area contributed by atoms with E-state index in [0.29, 0.717) is 6.54 Å². The van der Waals surface area contributed by atoms with Gasteiger partial charge in [0, 0.05) is 12.6 Å². The molecule has 6 nitrogen and oxygen atoms in total. The Morgan fingerprint density at radius 2 is 2.25 bits per heavy atom. The first-order chi connectivity index (χ1) is 7.43. The van der Waals surface area contributed by atoms with Crippen molar-refractivity contribution >= 4 is 22.1 Å². The normalized spacial score (nSPS) is 11.9. The van der Waals surface area contributed by atoms with Crippen LogP contribution < -0.4 is 5.32 Å². The lowest BCUT2D eigenvalue weighted by Gasteiger charge is -1.93. The number of carbonyl (C=O) groups is 1. The highest BCUT2D eigenvalue weighted by Crippen LogP contribution is 2.14. The molecule has 2 N–H and O–H groups in total. The van der Waals surface area contributed by atoms with Crippen LogP contribution in [0.4, 0.5) is 0 Å². The number of carbonyl (C=O) groups excluding carboxylic acids is 1. The minimum absolute atomic E-state index is 0.166. The van der Waals surface area contributed by atoms with Gasteiger partial charge in [-0.25, -0.2) is 0 Å². The number of hydrogen-bond acceptors (Lipinski definition) is 4. The summed E-state index contributed by atoms with van der Waals surface area (Å²) >= 11 is 0. The third-order valence-corrected chi connectivity index (χ3v) is 2.33. The summed E-state index contributed by atoms with van der Waals surface area (Å²) in [6.07, 6.45) is 2.51. The maximum Gasteiger partial charge on any atom is 0.328 e. The third kappa shape index (κ3) is 3.52. The summed E-state index contributed by atoms with van der Waals surface area (Å²) < 4.78 is 34.7. The van der Waals surface area contributed by atoms with Crippen molar-refractivity contribution in [2.24, 2.45) is 0 Å². The molecule has 1 aromatic rings. The van der Waals surface area contributed by atoms with Gasteiger partial charge in [-0.05, 0) is 25.1 Å².